The molecule has 0 aromatic heterocycles. The Morgan fingerprint density at radius 3 is 2.14 bits per heavy atom. The van der Waals surface area contributed by atoms with Crippen LogP contribution in [0.5, 0.6) is 0 Å². The van der Waals surface area contributed by atoms with Crippen molar-refractivity contribution in [2.24, 2.45) is 0 Å². The zero-order valence-corrected chi connectivity index (χ0v) is 26.7. The van der Waals surface area contributed by atoms with Crippen LogP contribution >= 0.6 is 23.2 Å². The third-order valence-electron chi connectivity index (χ3n) is 7.36. The topological polar surface area (TPSA) is 94.2 Å². The summed E-state index contributed by atoms with van der Waals surface area (Å²) >= 11 is 13.1. The number of carbonyl (C=O) groups excluding carboxylic acids is 3. The number of amides is 3. The van der Waals surface area contributed by atoms with Crippen molar-refractivity contribution in [3.05, 3.63) is 87.9 Å². The monoisotopic (exact) mass is 639 g/mol. The van der Waals surface area contributed by atoms with E-state index in [1.165, 1.54) is 0 Å². The van der Waals surface area contributed by atoms with Crippen molar-refractivity contribution in [1.29, 1.82) is 0 Å². The number of ether oxygens (including phenoxy) is 1. The number of nitrogens with one attached hydrogen (secondary N) is 2. The van der Waals surface area contributed by atoms with Crippen molar-refractivity contribution in [3.63, 3.8) is 0 Å². The van der Waals surface area contributed by atoms with Gasteiger partial charge in [-0.2, -0.15) is 0 Å². The van der Waals surface area contributed by atoms with Crippen LogP contribution in [0.1, 0.15) is 37.8 Å². The fourth-order valence-electron chi connectivity index (χ4n) is 4.99. The molecular formula is C33H39Cl2N5O4. The standard InChI is InChI=1S/C33H39Cl2N5O4/c1-3-14-38(4-2)22-25-19-28(34)32(29(35)20-25)37-33(43)40-17-15-39(16-18-40)27-12-10-26(11-13-27)36-30(41)21-31(42)44-23-24-8-6-5-7-9-24/h5-13,19-20H,3-4,14-18,21-23H2,1-2H3,(H,36,41)(H,37,43). The molecule has 3 aromatic carbocycles. The Labute approximate surface area is 269 Å². The molecule has 3 amide bonds. The average molecular weight is 641 g/mol. The zero-order valence-electron chi connectivity index (χ0n) is 25.2. The number of anilines is 3. The number of rotatable bonds is 12. The summed E-state index contributed by atoms with van der Waals surface area (Å²) in [7, 11) is 0. The van der Waals surface area contributed by atoms with E-state index in [4.69, 9.17) is 27.9 Å². The number of piperazine rings is 1. The predicted molar refractivity (Wildman–Crippen MR) is 176 cm³/mol. The van der Waals surface area contributed by atoms with Gasteiger partial charge in [0.05, 0.1) is 15.7 Å². The number of hydrogen-bond donors (Lipinski definition) is 2. The number of urea groups is 1. The fraction of sp³-hybridized carbons (Fsp3) is 0.364. The Morgan fingerprint density at radius 2 is 1.52 bits per heavy atom. The summed E-state index contributed by atoms with van der Waals surface area (Å²) < 4.78 is 5.18. The zero-order chi connectivity index (χ0) is 31.5. The molecule has 0 aliphatic carbocycles. The maximum atomic E-state index is 13.0. The van der Waals surface area contributed by atoms with Crippen molar-refractivity contribution in [2.75, 3.05) is 54.8 Å². The van der Waals surface area contributed by atoms with Crippen molar-refractivity contribution < 1.29 is 19.1 Å². The number of halogens is 2. The predicted octanol–water partition coefficient (Wildman–Crippen LogP) is 6.65. The molecule has 9 nitrogen and oxygen atoms in total. The Bertz CT molecular complexity index is 1390. The summed E-state index contributed by atoms with van der Waals surface area (Å²) in [5.74, 6) is -1.03. The van der Waals surface area contributed by atoms with Gasteiger partial charge in [-0.25, -0.2) is 4.79 Å². The second-order valence-corrected chi connectivity index (χ2v) is 11.4. The maximum Gasteiger partial charge on any atom is 0.322 e. The minimum atomic E-state index is -0.586. The molecule has 0 spiro atoms. The molecule has 1 saturated heterocycles. The first-order valence-corrected chi connectivity index (χ1v) is 15.6. The summed E-state index contributed by atoms with van der Waals surface area (Å²) in [6, 6.07) is 20.2. The summed E-state index contributed by atoms with van der Waals surface area (Å²) in [6.07, 6.45) is 0.700. The van der Waals surface area contributed by atoms with Gasteiger partial charge in [0, 0.05) is 44.1 Å². The number of nitrogens with zero attached hydrogens (tertiary/aromatic N) is 3. The molecule has 3 aromatic rings. The molecule has 0 bridgehead atoms. The Morgan fingerprint density at radius 1 is 0.864 bits per heavy atom. The van der Waals surface area contributed by atoms with Crippen molar-refractivity contribution in [3.8, 4) is 0 Å². The van der Waals surface area contributed by atoms with Crippen LogP contribution in [-0.2, 0) is 27.5 Å². The number of esters is 1. The van der Waals surface area contributed by atoms with E-state index in [0.717, 1.165) is 42.9 Å². The van der Waals surface area contributed by atoms with Crippen LogP contribution in [0.2, 0.25) is 10.0 Å². The molecule has 0 saturated carbocycles. The van der Waals surface area contributed by atoms with Crippen LogP contribution in [0, 0.1) is 0 Å². The molecule has 1 fully saturated rings. The lowest BCUT2D eigenvalue weighted by atomic mass is 10.2. The Balaban J connectivity index is 1.22. The SMILES string of the molecule is CCCN(CC)Cc1cc(Cl)c(NC(=O)N2CCN(c3ccc(NC(=O)CC(=O)OCc4ccccc4)cc3)CC2)c(Cl)c1. The first kappa shape index (κ1) is 33.1. The third-order valence-corrected chi connectivity index (χ3v) is 7.95. The lowest BCUT2D eigenvalue weighted by molar-refractivity contribution is -0.146. The smallest absolute Gasteiger partial charge is 0.322 e. The van der Waals surface area contributed by atoms with E-state index >= 15 is 0 Å². The van der Waals surface area contributed by atoms with Gasteiger partial charge in [0.25, 0.3) is 0 Å². The molecule has 1 aliphatic heterocycles. The van der Waals surface area contributed by atoms with Crippen LogP contribution < -0.4 is 15.5 Å². The highest BCUT2D eigenvalue weighted by atomic mass is 35.5. The fourth-order valence-corrected chi connectivity index (χ4v) is 5.62. The molecule has 2 N–H and O–H groups in total. The molecule has 0 radical (unpaired) electrons. The third kappa shape index (κ3) is 9.61. The van der Waals surface area contributed by atoms with Crippen molar-refractivity contribution in [2.45, 2.75) is 39.8 Å². The minimum absolute atomic E-state index is 0.127. The van der Waals surface area contributed by atoms with E-state index in [1.807, 2.05) is 54.6 Å². The van der Waals surface area contributed by atoms with Gasteiger partial charge >= 0.3 is 12.0 Å². The highest BCUT2D eigenvalue weighted by Crippen LogP contribution is 2.33. The van der Waals surface area contributed by atoms with Gasteiger partial charge in [-0.3, -0.25) is 14.5 Å². The van der Waals surface area contributed by atoms with Crippen molar-refractivity contribution >= 4 is 58.2 Å². The Hall–Kier alpha value is -3.79. The van der Waals surface area contributed by atoms with Crippen LogP contribution in [0.15, 0.2) is 66.7 Å². The van der Waals surface area contributed by atoms with Gasteiger partial charge in [-0.05, 0) is 67.0 Å². The maximum absolute atomic E-state index is 13.0. The van der Waals surface area contributed by atoms with Crippen molar-refractivity contribution in [1.82, 2.24) is 9.80 Å². The second-order valence-electron chi connectivity index (χ2n) is 10.6. The lowest BCUT2D eigenvalue weighted by Crippen LogP contribution is -2.50. The first-order valence-electron chi connectivity index (χ1n) is 14.9. The molecular weight excluding hydrogens is 601 g/mol. The van der Waals surface area contributed by atoms with Gasteiger partial charge in [-0.1, -0.05) is 67.4 Å². The molecule has 1 heterocycles. The minimum Gasteiger partial charge on any atom is -0.460 e. The van der Waals surface area contributed by atoms with Crippen LogP contribution in [0.4, 0.5) is 21.9 Å². The molecule has 11 heteroatoms. The van der Waals surface area contributed by atoms with E-state index in [0.29, 0.717) is 47.6 Å². The lowest BCUT2D eigenvalue weighted by Gasteiger charge is -2.36. The second kappa shape index (κ2) is 16.3. The van der Waals surface area contributed by atoms with E-state index in [-0.39, 0.29) is 19.1 Å². The van der Waals surface area contributed by atoms with Crippen LogP contribution in [0.25, 0.3) is 0 Å². The first-order chi connectivity index (χ1) is 21.2. The van der Waals surface area contributed by atoms with Gasteiger partial charge in [0.1, 0.15) is 13.0 Å². The highest BCUT2D eigenvalue weighted by molar-refractivity contribution is 6.39. The Kier molecular flexibility index (Phi) is 12.3. The summed E-state index contributed by atoms with van der Waals surface area (Å²) in [4.78, 5) is 43.6. The van der Waals surface area contributed by atoms with E-state index in [9.17, 15) is 14.4 Å². The van der Waals surface area contributed by atoms with E-state index < -0.39 is 11.9 Å². The molecule has 0 unspecified atom stereocenters. The molecule has 0 atom stereocenters. The van der Waals surface area contributed by atoms with Gasteiger partial charge in [-0.15, -0.1) is 0 Å². The highest BCUT2D eigenvalue weighted by Gasteiger charge is 2.23. The van der Waals surface area contributed by atoms with Crippen LogP contribution in [-0.4, -0.2) is 67.0 Å². The van der Waals surface area contributed by atoms with E-state index in [2.05, 4.69) is 34.3 Å². The molecule has 234 valence electrons. The summed E-state index contributed by atoms with van der Waals surface area (Å²) in [5, 5.41) is 6.47. The number of carbonyl (C=O) groups is 3. The summed E-state index contributed by atoms with van der Waals surface area (Å²) in [6.45, 7) is 9.38. The molecule has 1 aliphatic rings. The van der Waals surface area contributed by atoms with Gasteiger partial charge in [0.2, 0.25) is 5.91 Å². The number of hydrogen-bond acceptors (Lipinski definition) is 6. The quantitative estimate of drug-likeness (QED) is 0.170. The van der Waals surface area contributed by atoms with E-state index in [1.54, 1.807) is 17.0 Å². The normalized spacial score (nSPS) is 13.1. The van der Waals surface area contributed by atoms with Crippen LogP contribution in [0.3, 0.4) is 0 Å². The number of benzene rings is 3. The largest absolute Gasteiger partial charge is 0.460 e. The van der Waals surface area contributed by atoms with Gasteiger partial charge < -0.3 is 25.2 Å². The summed E-state index contributed by atoms with van der Waals surface area (Å²) in [5.41, 5.74) is 3.84. The average Bonchev–Trinajstić information content (AvgIpc) is 3.02. The molecule has 4 rings (SSSR count). The molecule has 44 heavy (non-hydrogen) atoms. The van der Waals surface area contributed by atoms with Gasteiger partial charge in [0.15, 0.2) is 0 Å².